The summed E-state index contributed by atoms with van der Waals surface area (Å²) in [6.45, 7) is 0. The molecule has 0 aliphatic heterocycles. The lowest BCUT2D eigenvalue weighted by molar-refractivity contribution is 0.663. The normalized spacial score (nSPS) is 24.3. The highest BCUT2D eigenvalue weighted by molar-refractivity contribution is 6.04. The quantitative estimate of drug-likeness (QED) is 0.609. The standard InChI is InChI=1S/C13H15N5/c14-8-2-1-7(5-8)12-11-9-3-4-15-13(9)16-6-10(11)17-18-12/h3-4,6-8,17-18H,1-2,5,14H2/t7-,8?/m1/s1. The van der Waals surface area contributed by atoms with Gasteiger partial charge in [-0.25, -0.2) is 9.97 Å². The fourth-order valence-electron chi connectivity index (χ4n) is 3.13. The van der Waals surface area contributed by atoms with Crippen molar-refractivity contribution in [1.82, 2.24) is 20.2 Å². The topological polar surface area (TPSA) is 83.4 Å². The van der Waals surface area contributed by atoms with Crippen molar-refractivity contribution in [2.24, 2.45) is 5.73 Å². The van der Waals surface area contributed by atoms with Crippen LogP contribution in [0.25, 0.3) is 21.9 Å². The zero-order chi connectivity index (χ0) is 12.1. The van der Waals surface area contributed by atoms with Gasteiger partial charge in [-0.2, -0.15) is 0 Å². The van der Waals surface area contributed by atoms with Crippen molar-refractivity contribution in [3.05, 3.63) is 24.2 Å². The van der Waals surface area contributed by atoms with Gasteiger partial charge in [0.1, 0.15) is 0 Å². The van der Waals surface area contributed by atoms with Crippen molar-refractivity contribution in [3.63, 3.8) is 0 Å². The summed E-state index contributed by atoms with van der Waals surface area (Å²) in [5, 5.41) is 8.87. The number of nitrogens with one attached hydrogen (secondary N) is 2. The summed E-state index contributed by atoms with van der Waals surface area (Å²) in [7, 11) is 0. The molecule has 18 heavy (non-hydrogen) atoms. The number of rotatable bonds is 1. The molecule has 1 unspecified atom stereocenters. The van der Waals surface area contributed by atoms with E-state index < -0.39 is 0 Å². The van der Waals surface area contributed by atoms with Crippen LogP contribution in [0.15, 0.2) is 18.5 Å². The SMILES string of the molecule is NC1CC[C@@H](c2[nH][nH]c3cnc4nccc4c23)C1. The van der Waals surface area contributed by atoms with E-state index in [0.717, 1.165) is 35.8 Å². The first kappa shape index (κ1) is 10.1. The van der Waals surface area contributed by atoms with Gasteiger partial charge in [0.25, 0.3) is 0 Å². The predicted molar refractivity (Wildman–Crippen MR) is 70.3 cm³/mol. The molecule has 1 aliphatic carbocycles. The van der Waals surface area contributed by atoms with Crippen LogP contribution in [0.5, 0.6) is 0 Å². The highest BCUT2D eigenvalue weighted by atomic mass is 15.1. The molecule has 3 aromatic heterocycles. The van der Waals surface area contributed by atoms with Gasteiger partial charge in [-0.3, -0.25) is 5.10 Å². The fourth-order valence-corrected chi connectivity index (χ4v) is 3.13. The molecule has 1 aliphatic rings. The van der Waals surface area contributed by atoms with Crippen LogP contribution in [0, 0.1) is 0 Å². The highest BCUT2D eigenvalue weighted by Crippen LogP contribution is 2.37. The molecule has 2 atom stereocenters. The van der Waals surface area contributed by atoms with Crippen LogP contribution in [0.1, 0.15) is 30.9 Å². The Morgan fingerprint density at radius 2 is 2.17 bits per heavy atom. The Labute approximate surface area is 104 Å². The maximum absolute atomic E-state index is 6.02. The van der Waals surface area contributed by atoms with E-state index in [1.165, 1.54) is 11.1 Å². The van der Waals surface area contributed by atoms with Crippen molar-refractivity contribution in [2.75, 3.05) is 0 Å². The van der Waals surface area contributed by atoms with Crippen LogP contribution < -0.4 is 5.73 Å². The summed E-state index contributed by atoms with van der Waals surface area (Å²) in [4.78, 5) is 8.60. The number of nitrogens with two attached hydrogens (primary N) is 1. The Hall–Kier alpha value is -1.88. The maximum atomic E-state index is 6.02. The van der Waals surface area contributed by atoms with E-state index in [4.69, 9.17) is 5.73 Å². The van der Waals surface area contributed by atoms with Crippen molar-refractivity contribution in [3.8, 4) is 0 Å². The molecule has 0 spiro atoms. The first-order valence-electron chi connectivity index (χ1n) is 6.38. The van der Waals surface area contributed by atoms with Crippen LogP contribution in [0.3, 0.4) is 0 Å². The second-order valence-corrected chi connectivity index (χ2v) is 5.16. The fraction of sp³-hybridized carbons (Fsp3) is 0.385. The number of H-pyrrole nitrogens is 2. The molecule has 1 saturated carbocycles. The monoisotopic (exact) mass is 241 g/mol. The lowest BCUT2D eigenvalue weighted by Gasteiger charge is -2.07. The summed E-state index contributed by atoms with van der Waals surface area (Å²) >= 11 is 0. The molecule has 3 heterocycles. The van der Waals surface area contributed by atoms with Crippen LogP contribution in [-0.4, -0.2) is 26.2 Å². The van der Waals surface area contributed by atoms with E-state index in [1.54, 1.807) is 0 Å². The van der Waals surface area contributed by atoms with E-state index in [2.05, 4.69) is 20.2 Å². The Bertz CT molecular complexity index is 710. The molecule has 0 radical (unpaired) electrons. The maximum Gasteiger partial charge on any atom is 0.159 e. The third-order valence-corrected chi connectivity index (χ3v) is 4.02. The zero-order valence-electron chi connectivity index (χ0n) is 9.98. The Morgan fingerprint density at radius 3 is 3.00 bits per heavy atom. The van der Waals surface area contributed by atoms with Crippen LogP contribution in [0.2, 0.25) is 0 Å². The Morgan fingerprint density at radius 1 is 1.22 bits per heavy atom. The van der Waals surface area contributed by atoms with E-state index in [1.807, 2.05) is 18.5 Å². The van der Waals surface area contributed by atoms with Crippen molar-refractivity contribution in [2.45, 2.75) is 31.2 Å². The lowest BCUT2D eigenvalue weighted by Crippen LogP contribution is -2.14. The first-order valence-corrected chi connectivity index (χ1v) is 6.38. The minimum absolute atomic E-state index is 0.337. The highest BCUT2D eigenvalue weighted by Gasteiger charge is 2.26. The summed E-state index contributed by atoms with van der Waals surface area (Å²) < 4.78 is 0. The molecule has 0 aromatic carbocycles. The number of nitrogens with zero attached hydrogens (tertiary/aromatic N) is 2. The van der Waals surface area contributed by atoms with Crippen molar-refractivity contribution in [1.29, 1.82) is 0 Å². The number of pyridine rings is 1. The Kier molecular flexibility index (Phi) is 1.99. The third kappa shape index (κ3) is 1.31. The molecular weight excluding hydrogens is 226 g/mol. The third-order valence-electron chi connectivity index (χ3n) is 4.02. The van der Waals surface area contributed by atoms with Gasteiger partial charge in [0.2, 0.25) is 0 Å². The largest absolute Gasteiger partial charge is 0.328 e. The van der Waals surface area contributed by atoms with E-state index >= 15 is 0 Å². The molecule has 5 heteroatoms. The minimum Gasteiger partial charge on any atom is -0.328 e. The molecule has 1 fully saturated rings. The Balaban J connectivity index is 1.97. The molecule has 0 saturated heterocycles. The van der Waals surface area contributed by atoms with Gasteiger partial charge in [0, 0.05) is 34.6 Å². The van der Waals surface area contributed by atoms with Crippen molar-refractivity contribution >= 4 is 21.9 Å². The second kappa shape index (κ2) is 3.55. The summed E-state index contributed by atoms with van der Waals surface area (Å²) in [6.07, 6.45) is 6.98. The number of hydrogen-bond acceptors (Lipinski definition) is 3. The number of hydrogen-bond donors (Lipinski definition) is 3. The first-order chi connectivity index (χ1) is 8.83. The van der Waals surface area contributed by atoms with Gasteiger partial charge in [-0.1, -0.05) is 0 Å². The van der Waals surface area contributed by atoms with Gasteiger partial charge in [0.05, 0.1) is 11.7 Å². The van der Waals surface area contributed by atoms with Gasteiger partial charge < -0.3 is 10.8 Å². The molecule has 5 nitrogen and oxygen atoms in total. The smallest absolute Gasteiger partial charge is 0.159 e. The number of aromatic nitrogens is 4. The molecule has 0 bridgehead atoms. The lowest BCUT2D eigenvalue weighted by atomic mass is 9.99. The van der Waals surface area contributed by atoms with Gasteiger partial charge in [0.15, 0.2) is 5.65 Å². The summed E-state index contributed by atoms with van der Waals surface area (Å²) in [5.41, 5.74) is 9.15. The molecule has 92 valence electrons. The van der Waals surface area contributed by atoms with E-state index in [-0.39, 0.29) is 0 Å². The second-order valence-electron chi connectivity index (χ2n) is 5.16. The number of aromatic amines is 2. The average Bonchev–Trinajstić information content (AvgIpc) is 3.03. The van der Waals surface area contributed by atoms with Gasteiger partial charge >= 0.3 is 0 Å². The molecule has 3 aromatic rings. The van der Waals surface area contributed by atoms with Crippen molar-refractivity contribution < 1.29 is 0 Å². The zero-order valence-corrected chi connectivity index (χ0v) is 9.98. The van der Waals surface area contributed by atoms with Gasteiger partial charge in [-0.15, -0.1) is 0 Å². The molecule has 4 rings (SSSR count). The van der Waals surface area contributed by atoms with Crippen LogP contribution >= 0.6 is 0 Å². The minimum atomic E-state index is 0.337. The van der Waals surface area contributed by atoms with Crippen LogP contribution in [0.4, 0.5) is 0 Å². The van der Waals surface area contributed by atoms with Gasteiger partial charge in [-0.05, 0) is 25.3 Å². The summed E-state index contributed by atoms with van der Waals surface area (Å²) in [5.74, 6) is 0.522. The van der Waals surface area contributed by atoms with E-state index in [9.17, 15) is 0 Å². The summed E-state index contributed by atoms with van der Waals surface area (Å²) in [6, 6.07) is 2.37. The predicted octanol–water partition coefficient (Wildman–Crippen LogP) is 2.03. The molecular formula is C13H15N5. The number of fused-ring (bicyclic) bond motifs is 3. The molecule has 4 N–H and O–H groups in total. The van der Waals surface area contributed by atoms with E-state index in [0.29, 0.717) is 12.0 Å². The average molecular weight is 241 g/mol. The molecule has 0 amide bonds. The van der Waals surface area contributed by atoms with Crippen LogP contribution in [-0.2, 0) is 0 Å².